The molecule has 0 saturated heterocycles. The molecule has 0 amide bonds. The summed E-state index contributed by atoms with van der Waals surface area (Å²) in [6.45, 7) is 5.93. The lowest BCUT2D eigenvalue weighted by Crippen LogP contribution is -2.31. The molecule has 0 radical (unpaired) electrons. The van der Waals surface area contributed by atoms with Crippen LogP contribution in [0.2, 0.25) is 6.55 Å². The number of halogens is 2. The van der Waals surface area contributed by atoms with Crippen LogP contribution in [0.15, 0.2) is 30.8 Å². The van der Waals surface area contributed by atoms with Crippen LogP contribution < -0.4 is 5.19 Å². The summed E-state index contributed by atoms with van der Waals surface area (Å²) in [5, 5.41) is -0.171. The minimum absolute atomic E-state index is 1.17. The number of hydrogen-bond acceptors (Lipinski definition) is 0. The molecule has 0 bridgehead atoms. The van der Waals surface area contributed by atoms with Crippen molar-refractivity contribution in [2.45, 2.75) is 6.55 Å². The Morgan fingerprint density at radius 3 is 2.58 bits per heavy atom. The third-order valence-corrected chi connectivity index (χ3v) is 5.70. The minimum atomic E-state index is -1.50. The van der Waals surface area contributed by atoms with Gasteiger partial charge in [0.25, 0.3) is 0 Å². The average Bonchev–Trinajstić information content (AvgIpc) is 2.03. The molecule has 64 valence electrons. The van der Waals surface area contributed by atoms with Gasteiger partial charge in [-0.1, -0.05) is 36.9 Å². The van der Waals surface area contributed by atoms with Gasteiger partial charge in [-0.15, -0.1) is 30.6 Å². The van der Waals surface area contributed by atoms with Gasteiger partial charge < -0.3 is 0 Å². The molecule has 0 atom stereocenters. The molecular weight excluding hydrogens is 296 g/mol. The van der Waals surface area contributed by atoms with Crippen molar-refractivity contribution in [2.75, 3.05) is 0 Å². The van der Waals surface area contributed by atoms with Crippen LogP contribution in [0, 0.1) is 0 Å². The Morgan fingerprint density at radius 1 is 1.42 bits per heavy atom. The SMILES string of the molecule is C=Cc1cccc([Si](C)(Br)Br)c1. The Bertz CT molecular complexity index is 289. The van der Waals surface area contributed by atoms with Crippen molar-refractivity contribution in [1.82, 2.24) is 0 Å². The minimum Gasteiger partial charge on any atom is -0.105 e. The molecule has 12 heavy (non-hydrogen) atoms. The van der Waals surface area contributed by atoms with E-state index in [-0.39, 0.29) is 0 Å². The summed E-state index contributed by atoms with van der Waals surface area (Å²) < 4.78 is 0. The van der Waals surface area contributed by atoms with E-state index in [4.69, 9.17) is 0 Å². The Labute approximate surface area is 89.9 Å². The second-order valence-corrected chi connectivity index (χ2v) is 17.8. The van der Waals surface area contributed by atoms with Gasteiger partial charge in [-0.3, -0.25) is 0 Å². The number of benzene rings is 1. The zero-order valence-electron chi connectivity index (χ0n) is 6.85. The first-order chi connectivity index (χ1) is 5.54. The van der Waals surface area contributed by atoms with Crippen LogP contribution in [0.4, 0.5) is 0 Å². The maximum atomic E-state index is 3.74. The topological polar surface area (TPSA) is 0 Å². The molecule has 1 aromatic rings. The van der Waals surface area contributed by atoms with E-state index in [1.54, 1.807) is 0 Å². The van der Waals surface area contributed by atoms with Gasteiger partial charge in [0.15, 0.2) is 0 Å². The molecule has 0 nitrogen and oxygen atoms in total. The smallest absolute Gasteiger partial charge is 0.105 e. The van der Waals surface area contributed by atoms with Gasteiger partial charge in [0.1, 0.15) is 0 Å². The van der Waals surface area contributed by atoms with Gasteiger partial charge in [0, 0.05) is 0 Å². The molecule has 1 rings (SSSR count). The third kappa shape index (κ3) is 2.57. The predicted molar refractivity (Wildman–Crippen MR) is 65.6 cm³/mol. The monoisotopic (exact) mass is 304 g/mol. The zero-order valence-corrected chi connectivity index (χ0v) is 11.0. The second kappa shape index (κ2) is 3.90. The van der Waals surface area contributed by atoms with Crippen molar-refractivity contribution in [2.24, 2.45) is 0 Å². The molecule has 0 unspecified atom stereocenters. The molecular formula is C9H10Br2Si. The molecule has 0 fully saturated rings. The van der Waals surface area contributed by atoms with Crippen molar-refractivity contribution < 1.29 is 0 Å². The average molecular weight is 306 g/mol. The summed E-state index contributed by atoms with van der Waals surface area (Å²) >= 11 is 7.34. The molecule has 0 aliphatic heterocycles. The fraction of sp³-hybridized carbons (Fsp3) is 0.111. The zero-order chi connectivity index (χ0) is 9.19. The first-order valence-electron chi connectivity index (χ1n) is 3.65. The van der Waals surface area contributed by atoms with Gasteiger partial charge in [-0.25, -0.2) is 0 Å². The fourth-order valence-electron chi connectivity index (χ4n) is 0.939. The summed E-state index contributed by atoms with van der Waals surface area (Å²) in [4.78, 5) is 0. The normalized spacial score (nSPS) is 11.2. The first kappa shape index (κ1) is 10.2. The molecule has 0 saturated carbocycles. The summed E-state index contributed by atoms with van der Waals surface area (Å²) in [5.74, 6) is 0. The summed E-state index contributed by atoms with van der Waals surface area (Å²) in [7, 11) is 0. The van der Waals surface area contributed by atoms with Crippen molar-refractivity contribution in [3.63, 3.8) is 0 Å². The highest BCUT2D eigenvalue weighted by molar-refractivity contribution is 9.51. The quantitative estimate of drug-likeness (QED) is 0.580. The van der Waals surface area contributed by atoms with E-state index < -0.39 is 5.31 Å². The number of hydrogen-bond donors (Lipinski definition) is 0. The molecule has 1 aromatic carbocycles. The summed E-state index contributed by atoms with van der Waals surface area (Å²) in [5.41, 5.74) is 1.17. The maximum Gasteiger partial charge on any atom is 0.227 e. The molecule has 0 N–H and O–H groups in total. The second-order valence-electron chi connectivity index (χ2n) is 2.72. The summed E-state index contributed by atoms with van der Waals surface area (Å²) in [6.07, 6.45) is 1.86. The van der Waals surface area contributed by atoms with Crippen LogP contribution in [0.3, 0.4) is 0 Å². The van der Waals surface area contributed by atoms with Crippen LogP contribution >= 0.6 is 30.6 Å². The molecule has 0 aliphatic rings. The van der Waals surface area contributed by atoms with Crippen molar-refractivity contribution >= 4 is 47.2 Å². The van der Waals surface area contributed by atoms with Crippen LogP contribution in [0.5, 0.6) is 0 Å². The van der Waals surface area contributed by atoms with Gasteiger partial charge in [0.2, 0.25) is 5.31 Å². The predicted octanol–water partition coefficient (Wildman–Crippen LogP) is 3.40. The molecule has 0 aliphatic carbocycles. The van der Waals surface area contributed by atoms with E-state index in [9.17, 15) is 0 Å². The summed E-state index contributed by atoms with van der Waals surface area (Å²) in [6, 6.07) is 8.39. The maximum absolute atomic E-state index is 3.74. The Balaban J connectivity index is 3.10. The third-order valence-electron chi connectivity index (χ3n) is 1.63. The highest BCUT2D eigenvalue weighted by atomic mass is 79.9. The molecule has 0 spiro atoms. The lowest BCUT2D eigenvalue weighted by atomic mass is 10.2. The lowest BCUT2D eigenvalue weighted by molar-refractivity contribution is 1.70. The van der Waals surface area contributed by atoms with Gasteiger partial charge >= 0.3 is 0 Å². The van der Waals surface area contributed by atoms with Crippen LogP contribution in [-0.2, 0) is 0 Å². The number of rotatable bonds is 2. The van der Waals surface area contributed by atoms with E-state index in [1.807, 2.05) is 6.08 Å². The van der Waals surface area contributed by atoms with E-state index in [0.29, 0.717) is 0 Å². The highest BCUT2D eigenvalue weighted by Gasteiger charge is 2.21. The van der Waals surface area contributed by atoms with E-state index in [1.165, 1.54) is 10.8 Å². The first-order valence-corrected chi connectivity index (χ1v) is 10.7. The van der Waals surface area contributed by atoms with Crippen LogP contribution in [0.25, 0.3) is 6.08 Å². The van der Waals surface area contributed by atoms with Crippen LogP contribution in [-0.4, -0.2) is 5.31 Å². The van der Waals surface area contributed by atoms with E-state index in [2.05, 4.69) is 68.0 Å². The van der Waals surface area contributed by atoms with Crippen molar-refractivity contribution in [3.8, 4) is 0 Å². The van der Waals surface area contributed by atoms with Crippen LogP contribution in [0.1, 0.15) is 5.56 Å². The van der Waals surface area contributed by atoms with Crippen molar-refractivity contribution in [3.05, 3.63) is 36.4 Å². The van der Waals surface area contributed by atoms with Gasteiger partial charge in [-0.05, 0) is 17.3 Å². The molecule has 0 heterocycles. The Kier molecular flexibility index (Phi) is 3.32. The van der Waals surface area contributed by atoms with Crippen molar-refractivity contribution in [1.29, 1.82) is 0 Å². The Morgan fingerprint density at radius 2 is 2.08 bits per heavy atom. The molecule has 0 aromatic heterocycles. The fourth-order valence-corrected chi connectivity index (χ4v) is 3.23. The Hall–Kier alpha value is 0.137. The highest BCUT2D eigenvalue weighted by Crippen LogP contribution is 2.19. The van der Waals surface area contributed by atoms with E-state index >= 15 is 0 Å². The largest absolute Gasteiger partial charge is 0.227 e. The van der Waals surface area contributed by atoms with Gasteiger partial charge in [0.05, 0.1) is 0 Å². The standard InChI is InChI=1S/C9H10Br2Si/c1-3-8-5-4-6-9(7-8)12(2,10)11/h3-7H,1H2,2H3. The lowest BCUT2D eigenvalue weighted by Gasteiger charge is -2.11. The van der Waals surface area contributed by atoms with Gasteiger partial charge in [-0.2, -0.15) is 0 Å². The van der Waals surface area contributed by atoms with E-state index in [0.717, 1.165) is 0 Å². The molecule has 3 heteroatoms.